The van der Waals surface area contributed by atoms with Crippen LogP contribution < -0.4 is 16.2 Å². The maximum Gasteiger partial charge on any atom is 0.120 e. The van der Waals surface area contributed by atoms with Crippen LogP contribution in [0, 0.1) is 0 Å². The van der Waals surface area contributed by atoms with Gasteiger partial charge in [0.25, 0.3) is 0 Å². The Bertz CT molecular complexity index is 286. The van der Waals surface area contributed by atoms with Gasteiger partial charge in [0.15, 0.2) is 0 Å². The maximum absolute atomic E-state index is 5.81. The summed E-state index contributed by atoms with van der Waals surface area (Å²) in [5.74, 6) is 0.849. The first kappa shape index (κ1) is 11.0. The van der Waals surface area contributed by atoms with Gasteiger partial charge < -0.3 is 16.2 Å². The molecule has 1 atom stereocenters. The van der Waals surface area contributed by atoms with Crippen LogP contribution in [0.5, 0.6) is 5.75 Å². The van der Waals surface area contributed by atoms with Gasteiger partial charge in [0.2, 0.25) is 0 Å². The van der Waals surface area contributed by atoms with E-state index in [1.54, 1.807) is 0 Å². The van der Waals surface area contributed by atoms with Gasteiger partial charge in [-0.05, 0) is 31.5 Å². The molecule has 4 N–H and O–H groups in total. The lowest BCUT2D eigenvalue weighted by Crippen LogP contribution is -2.20. The standard InChI is InChI=1S/C11H18N2O/c1-8(2)14-10-5-3-4-9(6-10)11(13)7-12/h3-6,8,11H,7,12-13H2,1-2H3. The predicted octanol–water partition coefficient (Wildman–Crippen LogP) is 1.43. The molecule has 14 heavy (non-hydrogen) atoms. The highest BCUT2D eigenvalue weighted by molar-refractivity contribution is 5.30. The van der Waals surface area contributed by atoms with Crippen molar-refractivity contribution in [1.29, 1.82) is 0 Å². The van der Waals surface area contributed by atoms with Gasteiger partial charge in [0.1, 0.15) is 5.75 Å². The third-order valence-electron chi connectivity index (χ3n) is 1.91. The van der Waals surface area contributed by atoms with Gasteiger partial charge >= 0.3 is 0 Å². The number of ether oxygens (including phenoxy) is 1. The van der Waals surface area contributed by atoms with Gasteiger partial charge in [-0.15, -0.1) is 0 Å². The summed E-state index contributed by atoms with van der Waals surface area (Å²) >= 11 is 0. The van der Waals surface area contributed by atoms with E-state index >= 15 is 0 Å². The van der Waals surface area contributed by atoms with Crippen molar-refractivity contribution in [3.63, 3.8) is 0 Å². The maximum atomic E-state index is 5.81. The Morgan fingerprint density at radius 2 is 2.07 bits per heavy atom. The molecule has 0 aliphatic carbocycles. The van der Waals surface area contributed by atoms with Gasteiger partial charge in [-0.1, -0.05) is 12.1 Å². The van der Waals surface area contributed by atoms with E-state index in [-0.39, 0.29) is 12.1 Å². The average molecular weight is 194 g/mol. The number of benzene rings is 1. The van der Waals surface area contributed by atoms with Crippen LogP contribution in [0.15, 0.2) is 24.3 Å². The summed E-state index contributed by atoms with van der Waals surface area (Å²) < 4.78 is 5.55. The monoisotopic (exact) mass is 194 g/mol. The number of nitrogens with two attached hydrogens (primary N) is 2. The van der Waals surface area contributed by atoms with Crippen molar-refractivity contribution in [3.05, 3.63) is 29.8 Å². The Hall–Kier alpha value is -1.06. The van der Waals surface area contributed by atoms with E-state index in [0.717, 1.165) is 11.3 Å². The van der Waals surface area contributed by atoms with E-state index in [1.807, 2.05) is 38.1 Å². The normalized spacial score (nSPS) is 12.9. The van der Waals surface area contributed by atoms with E-state index in [4.69, 9.17) is 16.2 Å². The molecule has 0 amide bonds. The highest BCUT2D eigenvalue weighted by atomic mass is 16.5. The zero-order valence-electron chi connectivity index (χ0n) is 8.73. The molecule has 0 aliphatic heterocycles. The molecular weight excluding hydrogens is 176 g/mol. The highest BCUT2D eigenvalue weighted by Crippen LogP contribution is 2.18. The van der Waals surface area contributed by atoms with Crippen LogP contribution in [0.2, 0.25) is 0 Å². The van der Waals surface area contributed by atoms with Crippen molar-refractivity contribution in [2.45, 2.75) is 26.0 Å². The van der Waals surface area contributed by atoms with Gasteiger partial charge in [-0.25, -0.2) is 0 Å². The molecule has 1 aromatic carbocycles. The topological polar surface area (TPSA) is 61.3 Å². The number of hydrogen-bond donors (Lipinski definition) is 2. The van der Waals surface area contributed by atoms with Crippen molar-refractivity contribution in [2.24, 2.45) is 11.5 Å². The first-order valence-corrected chi connectivity index (χ1v) is 4.85. The van der Waals surface area contributed by atoms with Crippen LogP contribution in [-0.2, 0) is 0 Å². The molecule has 0 saturated carbocycles. The molecule has 0 heterocycles. The lowest BCUT2D eigenvalue weighted by Gasteiger charge is -2.13. The van der Waals surface area contributed by atoms with Crippen LogP contribution in [0.4, 0.5) is 0 Å². The van der Waals surface area contributed by atoms with Crippen LogP contribution >= 0.6 is 0 Å². The largest absolute Gasteiger partial charge is 0.491 e. The fourth-order valence-electron chi connectivity index (χ4n) is 1.23. The van der Waals surface area contributed by atoms with E-state index < -0.39 is 0 Å². The zero-order chi connectivity index (χ0) is 10.6. The van der Waals surface area contributed by atoms with E-state index in [1.165, 1.54) is 0 Å². The fraction of sp³-hybridized carbons (Fsp3) is 0.455. The van der Waals surface area contributed by atoms with E-state index in [2.05, 4.69) is 0 Å². The SMILES string of the molecule is CC(C)Oc1cccc(C(N)CN)c1. The Balaban J connectivity index is 2.78. The molecule has 0 radical (unpaired) electrons. The molecule has 1 rings (SSSR count). The summed E-state index contributed by atoms with van der Waals surface area (Å²) in [6, 6.07) is 7.66. The van der Waals surface area contributed by atoms with Crippen molar-refractivity contribution in [2.75, 3.05) is 6.54 Å². The van der Waals surface area contributed by atoms with Gasteiger partial charge in [0, 0.05) is 12.6 Å². The lowest BCUT2D eigenvalue weighted by molar-refractivity contribution is 0.242. The van der Waals surface area contributed by atoms with Gasteiger partial charge in [-0.2, -0.15) is 0 Å². The third kappa shape index (κ3) is 3.01. The van der Waals surface area contributed by atoms with E-state index in [0.29, 0.717) is 6.54 Å². The Kier molecular flexibility index (Phi) is 3.92. The Labute approximate surface area is 85.0 Å². The molecule has 0 spiro atoms. The summed E-state index contributed by atoms with van der Waals surface area (Å²) in [5, 5.41) is 0. The van der Waals surface area contributed by atoms with Crippen LogP contribution in [0.3, 0.4) is 0 Å². The summed E-state index contributed by atoms with van der Waals surface area (Å²) in [5.41, 5.74) is 12.3. The quantitative estimate of drug-likeness (QED) is 0.762. The average Bonchev–Trinajstić information content (AvgIpc) is 2.16. The van der Waals surface area contributed by atoms with Crippen molar-refractivity contribution in [1.82, 2.24) is 0 Å². The van der Waals surface area contributed by atoms with Gasteiger partial charge in [0.05, 0.1) is 6.10 Å². The smallest absolute Gasteiger partial charge is 0.120 e. The molecular formula is C11H18N2O. The zero-order valence-corrected chi connectivity index (χ0v) is 8.73. The van der Waals surface area contributed by atoms with Crippen LogP contribution in [0.1, 0.15) is 25.5 Å². The molecule has 0 bridgehead atoms. The molecule has 78 valence electrons. The minimum atomic E-state index is -0.106. The van der Waals surface area contributed by atoms with Gasteiger partial charge in [-0.3, -0.25) is 0 Å². The minimum absolute atomic E-state index is 0.106. The first-order chi connectivity index (χ1) is 6.63. The minimum Gasteiger partial charge on any atom is -0.491 e. The Morgan fingerprint density at radius 1 is 1.36 bits per heavy atom. The molecule has 1 unspecified atom stereocenters. The molecule has 3 heteroatoms. The molecule has 0 aromatic heterocycles. The summed E-state index contributed by atoms with van der Waals surface area (Å²) in [4.78, 5) is 0. The third-order valence-corrected chi connectivity index (χ3v) is 1.91. The molecule has 0 fully saturated rings. The van der Waals surface area contributed by atoms with Crippen LogP contribution in [-0.4, -0.2) is 12.6 Å². The summed E-state index contributed by atoms with van der Waals surface area (Å²) in [6.07, 6.45) is 0.180. The predicted molar refractivity (Wildman–Crippen MR) is 58.2 cm³/mol. The molecule has 1 aromatic rings. The molecule has 0 aliphatic rings. The van der Waals surface area contributed by atoms with Crippen LogP contribution in [0.25, 0.3) is 0 Å². The number of hydrogen-bond acceptors (Lipinski definition) is 3. The second-order valence-corrected chi connectivity index (χ2v) is 3.58. The lowest BCUT2D eigenvalue weighted by atomic mass is 10.1. The summed E-state index contributed by atoms with van der Waals surface area (Å²) in [6.45, 7) is 4.44. The number of rotatable bonds is 4. The second-order valence-electron chi connectivity index (χ2n) is 3.58. The summed E-state index contributed by atoms with van der Waals surface area (Å²) in [7, 11) is 0. The highest BCUT2D eigenvalue weighted by Gasteiger charge is 2.05. The van der Waals surface area contributed by atoms with Crippen molar-refractivity contribution in [3.8, 4) is 5.75 Å². The second kappa shape index (κ2) is 4.98. The molecule has 0 saturated heterocycles. The Morgan fingerprint density at radius 3 is 2.64 bits per heavy atom. The first-order valence-electron chi connectivity index (χ1n) is 4.85. The fourth-order valence-corrected chi connectivity index (χ4v) is 1.23. The van der Waals surface area contributed by atoms with Crippen molar-refractivity contribution >= 4 is 0 Å². The van der Waals surface area contributed by atoms with E-state index in [9.17, 15) is 0 Å². The van der Waals surface area contributed by atoms with Crippen molar-refractivity contribution < 1.29 is 4.74 Å². The molecule has 3 nitrogen and oxygen atoms in total.